The highest BCUT2D eigenvalue weighted by Gasteiger charge is 2.10. The largest absolute Gasteiger partial charge is 0.334 e. The zero-order valence-electron chi connectivity index (χ0n) is 11.0. The topological polar surface area (TPSA) is 95.7 Å². The molecule has 2 N–H and O–H groups in total. The molecule has 0 saturated carbocycles. The van der Waals surface area contributed by atoms with Gasteiger partial charge in [0.05, 0.1) is 11.9 Å². The van der Waals surface area contributed by atoms with E-state index < -0.39 is 0 Å². The number of hydrogen-bond donors (Lipinski definition) is 1. The average molecular weight is 270 g/mol. The molecule has 0 atom stereocenters. The van der Waals surface area contributed by atoms with Gasteiger partial charge in [-0.1, -0.05) is 28.1 Å². The van der Waals surface area contributed by atoms with E-state index >= 15 is 0 Å². The Morgan fingerprint density at radius 1 is 1.35 bits per heavy atom. The van der Waals surface area contributed by atoms with Gasteiger partial charge in [-0.2, -0.15) is 4.98 Å². The zero-order valence-corrected chi connectivity index (χ0v) is 11.0. The summed E-state index contributed by atoms with van der Waals surface area (Å²) in [7, 11) is 0. The Balaban J connectivity index is 1.80. The first-order valence-corrected chi connectivity index (χ1v) is 6.23. The van der Waals surface area contributed by atoms with Crippen molar-refractivity contribution in [1.82, 2.24) is 25.1 Å². The summed E-state index contributed by atoms with van der Waals surface area (Å²) in [6, 6.07) is 7.91. The van der Waals surface area contributed by atoms with Crippen molar-refractivity contribution in [3.63, 3.8) is 0 Å². The van der Waals surface area contributed by atoms with Crippen LogP contribution in [0.3, 0.4) is 0 Å². The van der Waals surface area contributed by atoms with Gasteiger partial charge in [0.1, 0.15) is 6.54 Å². The van der Waals surface area contributed by atoms with Gasteiger partial charge in [-0.05, 0) is 19.1 Å². The van der Waals surface area contributed by atoms with Crippen molar-refractivity contribution >= 4 is 0 Å². The highest BCUT2D eigenvalue weighted by atomic mass is 16.5. The molecule has 0 fully saturated rings. The second-order valence-corrected chi connectivity index (χ2v) is 4.50. The molecule has 102 valence electrons. The Morgan fingerprint density at radius 3 is 3.00 bits per heavy atom. The average Bonchev–Trinajstić information content (AvgIpc) is 3.08. The Morgan fingerprint density at radius 2 is 2.25 bits per heavy atom. The molecule has 0 radical (unpaired) electrons. The molecule has 0 aliphatic heterocycles. The Bertz CT molecular complexity index is 717. The van der Waals surface area contributed by atoms with Gasteiger partial charge >= 0.3 is 0 Å². The molecule has 0 bridgehead atoms. The molecule has 3 aromatic rings. The molecule has 2 heterocycles. The summed E-state index contributed by atoms with van der Waals surface area (Å²) in [6.07, 6.45) is 1.77. The molecule has 7 nitrogen and oxygen atoms in total. The summed E-state index contributed by atoms with van der Waals surface area (Å²) < 4.78 is 6.90. The monoisotopic (exact) mass is 270 g/mol. The van der Waals surface area contributed by atoms with E-state index in [2.05, 4.69) is 20.5 Å². The van der Waals surface area contributed by atoms with E-state index in [1.807, 2.05) is 31.2 Å². The first-order chi connectivity index (χ1) is 9.74. The van der Waals surface area contributed by atoms with Crippen LogP contribution < -0.4 is 5.73 Å². The fourth-order valence-electron chi connectivity index (χ4n) is 1.87. The summed E-state index contributed by atoms with van der Waals surface area (Å²) in [6.45, 7) is 2.79. The van der Waals surface area contributed by atoms with Gasteiger partial charge in [-0.25, -0.2) is 4.68 Å². The lowest BCUT2D eigenvalue weighted by Crippen LogP contribution is -2.02. The molecule has 3 rings (SSSR count). The number of nitrogens with zero attached hydrogens (tertiary/aromatic N) is 5. The van der Waals surface area contributed by atoms with Gasteiger partial charge < -0.3 is 10.3 Å². The van der Waals surface area contributed by atoms with E-state index in [-0.39, 0.29) is 0 Å². The van der Waals surface area contributed by atoms with Crippen LogP contribution in [-0.4, -0.2) is 25.1 Å². The van der Waals surface area contributed by atoms with Crippen LogP contribution in [0.4, 0.5) is 0 Å². The first-order valence-electron chi connectivity index (χ1n) is 6.23. The second-order valence-electron chi connectivity index (χ2n) is 4.50. The van der Waals surface area contributed by atoms with Gasteiger partial charge in [0.2, 0.25) is 0 Å². The summed E-state index contributed by atoms with van der Waals surface area (Å²) in [5.41, 5.74) is 8.27. The standard InChI is InChI=1S/C13H14N6O/c1-9-3-2-4-10(5-9)13-15-12(17-20-13)8-19-7-11(6-14)16-18-19/h2-5,7H,6,8,14H2,1H3. The molecular formula is C13H14N6O. The van der Waals surface area contributed by atoms with Crippen LogP contribution in [0, 0.1) is 6.92 Å². The van der Waals surface area contributed by atoms with Crippen molar-refractivity contribution in [2.75, 3.05) is 0 Å². The highest BCUT2D eigenvalue weighted by Crippen LogP contribution is 2.18. The molecule has 20 heavy (non-hydrogen) atoms. The number of aromatic nitrogens is 5. The summed E-state index contributed by atoms with van der Waals surface area (Å²) in [4.78, 5) is 4.35. The lowest BCUT2D eigenvalue weighted by atomic mass is 10.1. The fraction of sp³-hybridized carbons (Fsp3) is 0.231. The molecular weight excluding hydrogens is 256 g/mol. The fourth-order valence-corrected chi connectivity index (χ4v) is 1.87. The van der Waals surface area contributed by atoms with Crippen molar-refractivity contribution in [1.29, 1.82) is 0 Å². The van der Waals surface area contributed by atoms with Gasteiger partial charge in [0, 0.05) is 12.1 Å². The Hall–Kier alpha value is -2.54. The number of nitrogens with two attached hydrogens (primary N) is 1. The van der Waals surface area contributed by atoms with E-state index in [9.17, 15) is 0 Å². The quantitative estimate of drug-likeness (QED) is 0.763. The smallest absolute Gasteiger partial charge is 0.257 e. The highest BCUT2D eigenvalue weighted by molar-refractivity contribution is 5.53. The maximum atomic E-state index is 5.49. The summed E-state index contributed by atoms with van der Waals surface area (Å²) in [5.74, 6) is 1.05. The van der Waals surface area contributed by atoms with Gasteiger partial charge in [-0.3, -0.25) is 0 Å². The van der Waals surface area contributed by atoms with Crippen LogP contribution in [0.5, 0.6) is 0 Å². The molecule has 0 saturated heterocycles. The zero-order chi connectivity index (χ0) is 13.9. The molecule has 7 heteroatoms. The van der Waals surface area contributed by atoms with Crippen LogP contribution in [0.2, 0.25) is 0 Å². The van der Waals surface area contributed by atoms with Crippen LogP contribution in [0.15, 0.2) is 35.0 Å². The van der Waals surface area contributed by atoms with Gasteiger partial charge in [-0.15, -0.1) is 5.10 Å². The molecule has 2 aromatic heterocycles. The number of aryl methyl sites for hydroxylation is 1. The van der Waals surface area contributed by atoms with Crippen LogP contribution in [0.25, 0.3) is 11.5 Å². The first kappa shape index (κ1) is 12.5. The number of hydrogen-bond acceptors (Lipinski definition) is 6. The predicted molar refractivity (Wildman–Crippen MR) is 71.5 cm³/mol. The molecule has 1 aromatic carbocycles. The van der Waals surface area contributed by atoms with Gasteiger partial charge in [0.15, 0.2) is 5.82 Å². The SMILES string of the molecule is Cc1cccc(-c2nc(Cn3cc(CN)nn3)no2)c1. The van der Waals surface area contributed by atoms with Crippen molar-refractivity contribution in [2.45, 2.75) is 20.0 Å². The third kappa shape index (κ3) is 2.57. The van der Waals surface area contributed by atoms with Crippen molar-refractivity contribution in [2.24, 2.45) is 5.73 Å². The van der Waals surface area contributed by atoms with Crippen molar-refractivity contribution in [3.8, 4) is 11.5 Å². The van der Waals surface area contributed by atoms with Crippen LogP contribution >= 0.6 is 0 Å². The van der Waals surface area contributed by atoms with E-state index in [4.69, 9.17) is 10.3 Å². The van der Waals surface area contributed by atoms with Crippen molar-refractivity contribution in [3.05, 3.63) is 47.5 Å². The summed E-state index contributed by atoms with van der Waals surface area (Å²) in [5, 5.41) is 11.8. The van der Waals surface area contributed by atoms with Gasteiger partial charge in [0.25, 0.3) is 5.89 Å². The molecule has 0 aliphatic carbocycles. The maximum absolute atomic E-state index is 5.49. The number of rotatable bonds is 4. The van der Waals surface area contributed by atoms with E-state index in [1.54, 1.807) is 10.9 Å². The lowest BCUT2D eigenvalue weighted by Gasteiger charge is -1.95. The number of benzene rings is 1. The molecule has 0 unspecified atom stereocenters. The molecule has 0 spiro atoms. The lowest BCUT2D eigenvalue weighted by molar-refractivity contribution is 0.418. The normalized spacial score (nSPS) is 10.9. The minimum absolute atomic E-state index is 0.362. The van der Waals surface area contributed by atoms with E-state index in [0.29, 0.717) is 24.8 Å². The van der Waals surface area contributed by atoms with Crippen LogP contribution in [0.1, 0.15) is 17.1 Å². The third-order valence-corrected chi connectivity index (χ3v) is 2.83. The van der Waals surface area contributed by atoms with Crippen LogP contribution in [-0.2, 0) is 13.1 Å². The van der Waals surface area contributed by atoms with E-state index in [1.165, 1.54) is 0 Å². The minimum Gasteiger partial charge on any atom is -0.334 e. The predicted octanol–water partition coefficient (Wildman–Crippen LogP) is 1.14. The molecule has 0 amide bonds. The maximum Gasteiger partial charge on any atom is 0.257 e. The second kappa shape index (κ2) is 5.22. The minimum atomic E-state index is 0.362. The molecule has 0 aliphatic rings. The Labute approximate surface area is 115 Å². The summed E-state index contributed by atoms with van der Waals surface area (Å²) >= 11 is 0. The van der Waals surface area contributed by atoms with Crippen molar-refractivity contribution < 1.29 is 4.52 Å². The third-order valence-electron chi connectivity index (χ3n) is 2.83. The van der Waals surface area contributed by atoms with E-state index in [0.717, 1.165) is 16.8 Å². The Kier molecular flexibility index (Phi) is 3.26.